The van der Waals surface area contributed by atoms with Crippen LogP contribution in [0.2, 0.25) is 0 Å². The number of aryl methyl sites for hydroxylation is 1. The molecule has 3 heteroatoms. The third-order valence-corrected chi connectivity index (χ3v) is 6.12. The molecule has 0 N–H and O–H groups in total. The summed E-state index contributed by atoms with van der Waals surface area (Å²) in [6.07, 6.45) is 10.8. The van der Waals surface area contributed by atoms with Crippen LogP contribution in [0.25, 0.3) is 0 Å². The molecule has 2 aliphatic heterocycles. The standard InChI is InChI=1S/C21H32N2O/c1-3-11-22(12-4-1)15-16-24-19-8-9-20-18(17-19)7-10-21(20)23-13-5-2-6-14-23/h8-9,17,21H,1-7,10-16H2. The lowest BCUT2D eigenvalue weighted by molar-refractivity contribution is 0.163. The number of benzene rings is 1. The molecule has 1 aliphatic carbocycles. The van der Waals surface area contributed by atoms with Crippen molar-refractivity contribution in [3.8, 4) is 5.75 Å². The fourth-order valence-electron chi connectivity index (χ4n) is 4.75. The van der Waals surface area contributed by atoms with E-state index in [2.05, 4.69) is 28.0 Å². The molecule has 0 radical (unpaired) electrons. The van der Waals surface area contributed by atoms with E-state index in [-0.39, 0.29) is 0 Å². The van der Waals surface area contributed by atoms with Crippen LogP contribution in [0.4, 0.5) is 0 Å². The van der Waals surface area contributed by atoms with Gasteiger partial charge < -0.3 is 4.74 Å². The third-order valence-electron chi connectivity index (χ3n) is 6.12. The zero-order valence-corrected chi connectivity index (χ0v) is 15.0. The number of hydrogen-bond donors (Lipinski definition) is 0. The van der Waals surface area contributed by atoms with Gasteiger partial charge in [-0.15, -0.1) is 0 Å². The molecule has 1 aromatic carbocycles. The van der Waals surface area contributed by atoms with Crippen LogP contribution >= 0.6 is 0 Å². The maximum Gasteiger partial charge on any atom is 0.119 e. The first-order valence-electron chi connectivity index (χ1n) is 10.1. The minimum atomic E-state index is 0.669. The summed E-state index contributed by atoms with van der Waals surface area (Å²) in [5.74, 6) is 1.07. The molecule has 0 saturated carbocycles. The second kappa shape index (κ2) is 7.88. The van der Waals surface area contributed by atoms with Crippen molar-refractivity contribution in [1.82, 2.24) is 9.80 Å². The van der Waals surface area contributed by atoms with Gasteiger partial charge in [-0.2, -0.15) is 0 Å². The summed E-state index contributed by atoms with van der Waals surface area (Å²) in [4.78, 5) is 5.26. The van der Waals surface area contributed by atoms with Crippen molar-refractivity contribution in [3.05, 3.63) is 29.3 Å². The van der Waals surface area contributed by atoms with Gasteiger partial charge in [-0.1, -0.05) is 18.9 Å². The zero-order valence-electron chi connectivity index (χ0n) is 15.0. The van der Waals surface area contributed by atoms with Crippen LogP contribution in [-0.4, -0.2) is 49.1 Å². The highest BCUT2D eigenvalue weighted by atomic mass is 16.5. The largest absolute Gasteiger partial charge is 0.492 e. The molecule has 1 atom stereocenters. The smallest absolute Gasteiger partial charge is 0.119 e. The predicted molar refractivity (Wildman–Crippen MR) is 98.7 cm³/mol. The lowest BCUT2D eigenvalue weighted by atomic mass is 10.0. The molecule has 0 aromatic heterocycles. The fraction of sp³-hybridized carbons (Fsp3) is 0.714. The quantitative estimate of drug-likeness (QED) is 0.812. The first kappa shape index (κ1) is 16.4. The van der Waals surface area contributed by atoms with E-state index in [0.29, 0.717) is 6.04 Å². The molecule has 0 bridgehead atoms. The van der Waals surface area contributed by atoms with Crippen molar-refractivity contribution in [2.75, 3.05) is 39.3 Å². The predicted octanol–water partition coefficient (Wildman–Crippen LogP) is 4.02. The van der Waals surface area contributed by atoms with Crippen molar-refractivity contribution >= 4 is 0 Å². The van der Waals surface area contributed by atoms with Gasteiger partial charge in [0.1, 0.15) is 12.4 Å². The number of hydrogen-bond acceptors (Lipinski definition) is 3. The minimum Gasteiger partial charge on any atom is -0.492 e. The second-order valence-electron chi connectivity index (χ2n) is 7.76. The van der Waals surface area contributed by atoms with Gasteiger partial charge >= 0.3 is 0 Å². The molecule has 1 aromatic rings. The molecule has 0 amide bonds. The Morgan fingerprint density at radius 2 is 1.67 bits per heavy atom. The maximum atomic E-state index is 6.06. The Hall–Kier alpha value is -1.06. The van der Waals surface area contributed by atoms with Gasteiger partial charge in [0.2, 0.25) is 0 Å². The number of rotatable bonds is 5. The maximum absolute atomic E-state index is 6.06. The second-order valence-corrected chi connectivity index (χ2v) is 7.76. The van der Waals surface area contributed by atoms with Crippen LogP contribution < -0.4 is 4.74 Å². The average Bonchev–Trinajstić information content (AvgIpc) is 3.07. The lowest BCUT2D eigenvalue weighted by Gasteiger charge is -2.32. The summed E-state index contributed by atoms with van der Waals surface area (Å²) in [7, 11) is 0. The van der Waals surface area contributed by atoms with Crippen LogP contribution in [0, 0.1) is 0 Å². The molecule has 2 fully saturated rings. The molecule has 1 unspecified atom stereocenters. The van der Waals surface area contributed by atoms with E-state index in [9.17, 15) is 0 Å². The summed E-state index contributed by atoms with van der Waals surface area (Å²) in [5, 5.41) is 0. The number of ether oxygens (including phenoxy) is 1. The molecule has 0 spiro atoms. The zero-order chi connectivity index (χ0) is 16.2. The van der Waals surface area contributed by atoms with Gasteiger partial charge in [0, 0.05) is 12.6 Å². The van der Waals surface area contributed by atoms with E-state index >= 15 is 0 Å². The molecule has 3 aliphatic rings. The Bertz CT molecular complexity index is 533. The Labute approximate surface area is 147 Å². The van der Waals surface area contributed by atoms with E-state index in [4.69, 9.17) is 4.74 Å². The number of piperidine rings is 2. The van der Waals surface area contributed by atoms with Gasteiger partial charge in [0.25, 0.3) is 0 Å². The monoisotopic (exact) mass is 328 g/mol. The third kappa shape index (κ3) is 3.78. The number of likely N-dealkylation sites (tertiary alicyclic amines) is 2. The molecule has 24 heavy (non-hydrogen) atoms. The molecule has 4 rings (SSSR count). The molecular weight excluding hydrogens is 296 g/mol. The van der Waals surface area contributed by atoms with Crippen LogP contribution in [0.1, 0.15) is 62.1 Å². The Balaban J connectivity index is 1.32. The van der Waals surface area contributed by atoms with Crippen molar-refractivity contribution in [3.63, 3.8) is 0 Å². The molecule has 132 valence electrons. The molecule has 2 heterocycles. The summed E-state index contributed by atoms with van der Waals surface area (Å²) in [5.41, 5.74) is 3.10. The van der Waals surface area contributed by atoms with Crippen LogP contribution in [0.3, 0.4) is 0 Å². The Morgan fingerprint density at radius 3 is 2.46 bits per heavy atom. The van der Waals surface area contributed by atoms with E-state index in [1.807, 2.05) is 0 Å². The van der Waals surface area contributed by atoms with Crippen molar-refractivity contribution in [2.24, 2.45) is 0 Å². The van der Waals surface area contributed by atoms with Gasteiger partial charge in [0.15, 0.2) is 0 Å². The van der Waals surface area contributed by atoms with Crippen LogP contribution in [0.15, 0.2) is 18.2 Å². The average molecular weight is 329 g/mol. The molecular formula is C21H32N2O. The normalized spacial score (nSPS) is 25.6. The highest BCUT2D eigenvalue weighted by Crippen LogP contribution is 2.38. The van der Waals surface area contributed by atoms with Crippen molar-refractivity contribution < 1.29 is 4.74 Å². The van der Waals surface area contributed by atoms with Gasteiger partial charge in [0.05, 0.1) is 0 Å². The molecule has 3 nitrogen and oxygen atoms in total. The van der Waals surface area contributed by atoms with Gasteiger partial charge in [-0.3, -0.25) is 9.80 Å². The van der Waals surface area contributed by atoms with E-state index in [0.717, 1.165) is 18.9 Å². The van der Waals surface area contributed by atoms with Crippen LogP contribution in [0.5, 0.6) is 5.75 Å². The van der Waals surface area contributed by atoms with Crippen molar-refractivity contribution in [1.29, 1.82) is 0 Å². The van der Waals surface area contributed by atoms with E-state index in [1.165, 1.54) is 83.1 Å². The van der Waals surface area contributed by atoms with Crippen LogP contribution in [-0.2, 0) is 6.42 Å². The summed E-state index contributed by atoms with van der Waals surface area (Å²) < 4.78 is 6.06. The topological polar surface area (TPSA) is 15.7 Å². The highest BCUT2D eigenvalue weighted by molar-refractivity contribution is 5.40. The first-order chi connectivity index (χ1) is 11.9. The van der Waals surface area contributed by atoms with Gasteiger partial charge in [-0.25, -0.2) is 0 Å². The Kier molecular flexibility index (Phi) is 5.39. The fourth-order valence-corrected chi connectivity index (χ4v) is 4.75. The van der Waals surface area contributed by atoms with E-state index in [1.54, 1.807) is 5.56 Å². The minimum absolute atomic E-state index is 0.669. The van der Waals surface area contributed by atoms with Gasteiger partial charge in [-0.05, 0) is 88.0 Å². The molecule has 2 saturated heterocycles. The van der Waals surface area contributed by atoms with Crippen molar-refractivity contribution in [2.45, 2.75) is 57.4 Å². The number of fused-ring (bicyclic) bond motifs is 1. The highest BCUT2D eigenvalue weighted by Gasteiger charge is 2.28. The SMILES string of the molecule is c1cc2c(cc1OCCN1CCCCC1)CCC2N1CCCCC1. The summed E-state index contributed by atoms with van der Waals surface area (Å²) in [6, 6.07) is 7.53. The summed E-state index contributed by atoms with van der Waals surface area (Å²) >= 11 is 0. The first-order valence-corrected chi connectivity index (χ1v) is 10.1. The van der Waals surface area contributed by atoms with E-state index < -0.39 is 0 Å². The lowest BCUT2D eigenvalue weighted by Crippen LogP contribution is -2.33. The number of nitrogens with zero attached hydrogens (tertiary/aromatic N) is 2. The summed E-state index contributed by atoms with van der Waals surface area (Å²) in [6.45, 7) is 6.99. The Morgan fingerprint density at radius 1 is 0.917 bits per heavy atom.